The van der Waals surface area contributed by atoms with E-state index in [1.165, 1.54) is 0 Å². The molecule has 0 aliphatic heterocycles. The van der Waals surface area contributed by atoms with Crippen molar-refractivity contribution in [1.82, 2.24) is 5.32 Å². The molecule has 0 rings (SSSR count). The number of aliphatic hydroxyl groups excluding tert-OH is 1. The first-order chi connectivity index (χ1) is 5.31. The molecule has 0 unspecified atom stereocenters. The van der Waals surface area contributed by atoms with Crippen LogP contribution in [0.5, 0.6) is 0 Å². The molecule has 0 aromatic heterocycles. The summed E-state index contributed by atoms with van der Waals surface area (Å²) >= 11 is 0. The van der Waals surface area contributed by atoms with Gasteiger partial charge in [-0.25, -0.2) is 0 Å². The Labute approximate surface area is 63.8 Å². The maximum Gasteiger partial charge on any atom is 0.225 e. The number of amides is 1. The van der Waals surface area contributed by atoms with Gasteiger partial charge in [0.15, 0.2) is 0 Å². The number of nitrogens with one attached hydrogen (secondary N) is 1. The van der Waals surface area contributed by atoms with E-state index in [0.717, 1.165) is 0 Å². The van der Waals surface area contributed by atoms with Gasteiger partial charge in [-0.2, -0.15) is 0 Å². The number of hydrogen-bond acceptors (Lipinski definition) is 3. The molecule has 0 aliphatic rings. The smallest absolute Gasteiger partial charge is 0.225 e. The van der Waals surface area contributed by atoms with Gasteiger partial charge >= 0.3 is 0 Å². The summed E-state index contributed by atoms with van der Waals surface area (Å²) in [6.07, 6.45) is 0.516. The number of carbonyl (C=O) groups is 1. The lowest BCUT2D eigenvalue weighted by molar-refractivity contribution is -0.119. The van der Waals surface area contributed by atoms with Crippen molar-refractivity contribution in [3.8, 4) is 0 Å². The molecule has 0 aliphatic carbocycles. The molecule has 6 heteroatoms. The molecule has 0 atom stereocenters. The average molecular weight is 158 g/mol. The quantitative estimate of drug-likeness (QED) is 0.250. The van der Waals surface area contributed by atoms with Gasteiger partial charge in [0.05, 0.1) is 0 Å². The van der Waals surface area contributed by atoms with E-state index in [4.69, 9.17) is 10.6 Å². The molecule has 62 valence electrons. The molecule has 0 bridgehead atoms. The van der Waals surface area contributed by atoms with Gasteiger partial charge in [0, 0.05) is 18.1 Å². The SMILES string of the molecule is [N-]=[N+]=NCC(=O)NCCCO. The van der Waals surface area contributed by atoms with Crippen molar-refractivity contribution in [3.05, 3.63) is 10.4 Å². The molecule has 0 spiro atoms. The maximum atomic E-state index is 10.6. The van der Waals surface area contributed by atoms with Crippen LogP contribution < -0.4 is 5.32 Å². The molecule has 0 aromatic rings. The van der Waals surface area contributed by atoms with Crippen LogP contribution >= 0.6 is 0 Å². The van der Waals surface area contributed by atoms with Crippen LogP contribution in [0.4, 0.5) is 0 Å². The van der Waals surface area contributed by atoms with Crippen molar-refractivity contribution in [2.45, 2.75) is 6.42 Å². The van der Waals surface area contributed by atoms with Gasteiger partial charge in [-0.05, 0) is 12.0 Å². The normalized spacial score (nSPS) is 8.45. The molecule has 0 radical (unpaired) electrons. The predicted molar refractivity (Wildman–Crippen MR) is 38.7 cm³/mol. The van der Waals surface area contributed by atoms with Gasteiger partial charge in [-0.15, -0.1) is 0 Å². The van der Waals surface area contributed by atoms with Crippen molar-refractivity contribution >= 4 is 5.91 Å². The highest BCUT2D eigenvalue weighted by atomic mass is 16.3. The molecular formula is C5H10N4O2. The van der Waals surface area contributed by atoms with E-state index in [-0.39, 0.29) is 19.1 Å². The van der Waals surface area contributed by atoms with Crippen LogP contribution in [0.15, 0.2) is 5.11 Å². The molecule has 1 amide bonds. The Morgan fingerprint density at radius 2 is 2.45 bits per heavy atom. The predicted octanol–water partition coefficient (Wildman–Crippen LogP) is -0.205. The third-order valence-electron chi connectivity index (χ3n) is 0.935. The van der Waals surface area contributed by atoms with Crippen molar-refractivity contribution < 1.29 is 9.90 Å². The maximum absolute atomic E-state index is 10.6. The highest BCUT2D eigenvalue weighted by molar-refractivity contribution is 5.77. The minimum absolute atomic E-state index is 0.0435. The van der Waals surface area contributed by atoms with Crippen LogP contribution in [0, 0.1) is 0 Å². The topological polar surface area (TPSA) is 98.1 Å². The summed E-state index contributed by atoms with van der Waals surface area (Å²) in [6, 6.07) is 0. The van der Waals surface area contributed by atoms with E-state index in [9.17, 15) is 4.79 Å². The third-order valence-corrected chi connectivity index (χ3v) is 0.935. The molecule has 0 aromatic carbocycles. The van der Waals surface area contributed by atoms with E-state index in [1.54, 1.807) is 0 Å². The van der Waals surface area contributed by atoms with Crippen molar-refractivity contribution in [3.63, 3.8) is 0 Å². The Kier molecular flexibility index (Phi) is 6.07. The molecule has 0 fully saturated rings. The number of aliphatic hydroxyl groups is 1. The standard InChI is InChI=1S/C5H10N4O2/c6-9-8-4-5(11)7-2-1-3-10/h10H,1-4H2,(H,7,11). The van der Waals surface area contributed by atoms with Crippen LogP contribution in [-0.4, -0.2) is 30.7 Å². The Bertz CT molecular complexity index is 164. The van der Waals surface area contributed by atoms with E-state index < -0.39 is 0 Å². The molecule has 0 saturated heterocycles. The lowest BCUT2D eigenvalue weighted by Gasteiger charge is -1.99. The molecule has 11 heavy (non-hydrogen) atoms. The lowest BCUT2D eigenvalue weighted by atomic mass is 10.4. The zero-order valence-electron chi connectivity index (χ0n) is 6.03. The van der Waals surface area contributed by atoms with Gasteiger partial charge in [0.2, 0.25) is 5.91 Å². The zero-order chi connectivity index (χ0) is 8.53. The largest absolute Gasteiger partial charge is 0.396 e. The van der Waals surface area contributed by atoms with E-state index >= 15 is 0 Å². The fourth-order valence-electron chi connectivity index (χ4n) is 0.459. The highest BCUT2D eigenvalue weighted by Crippen LogP contribution is 1.75. The monoisotopic (exact) mass is 158 g/mol. The summed E-state index contributed by atoms with van der Waals surface area (Å²) in [7, 11) is 0. The number of rotatable bonds is 5. The first-order valence-corrected chi connectivity index (χ1v) is 3.19. The summed E-state index contributed by atoms with van der Waals surface area (Å²) < 4.78 is 0. The minimum atomic E-state index is -0.323. The summed E-state index contributed by atoms with van der Waals surface area (Å²) in [5.41, 5.74) is 7.83. The second-order valence-electron chi connectivity index (χ2n) is 1.82. The number of nitrogens with zero attached hydrogens (tertiary/aromatic N) is 3. The van der Waals surface area contributed by atoms with Crippen LogP contribution in [0.25, 0.3) is 10.4 Å². The number of carbonyl (C=O) groups excluding carboxylic acids is 1. The zero-order valence-corrected chi connectivity index (χ0v) is 6.03. The molecule has 0 saturated carbocycles. The van der Waals surface area contributed by atoms with Crippen LogP contribution in [0.3, 0.4) is 0 Å². The van der Waals surface area contributed by atoms with Crippen molar-refractivity contribution in [2.75, 3.05) is 19.7 Å². The summed E-state index contributed by atoms with van der Waals surface area (Å²) in [5.74, 6) is -0.323. The highest BCUT2D eigenvalue weighted by Gasteiger charge is 1.95. The van der Waals surface area contributed by atoms with Gasteiger partial charge in [0.25, 0.3) is 0 Å². The molecule has 0 heterocycles. The van der Waals surface area contributed by atoms with Gasteiger partial charge < -0.3 is 10.4 Å². The summed E-state index contributed by atoms with van der Waals surface area (Å²) in [6.45, 7) is 0.278. The van der Waals surface area contributed by atoms with Crippen LogP contribution in [0.2, 0.25) is 0 Å². The lowest BCUT2D eigenvalue weighted by Crippen LogP contribution is -2.26. The van der Waals surface area contributed by atoms with Crippen molar-refractivity contribution in [2.24, 2.45) is 5.11 Å². The van der Waals surface area contributed by atoms with Crippen LogP contribution in [0.1, 0.15) is 6.42 Å². The average Bonchev–Trinajstić information content (AvgIpc) is 2.01. The fraction of sp³-hybridized carbons (Fsp3) is 0.800. The van der Waals surface area contributed by atoms with Crippen molar-refractivity contribution in [1.29, 1.82) is 0 Å². The second kappa shape index (κ2) is 6.85. The Balaban J connectivity index is 3.29. The Morgan fingerprint density at radius 3 is 3.00 bits per heavy atom. The number of hydrogen-bond donors (Lipinski definition) is 2. The van der Waals surface area contributed by atoms with E-state index in [2.05, 4.69) is 15.3 Å². The van der Waals surface area contributed by atoms with Gasteiger partial charge in [-0.1, -0.05) is 5.11 Å². The second-order valence-corrected chi connectivity index (χ2v) is 1.82. The molecule has 6 nitrogen and oxygen atoms in total. The molecule has 2 N–H and O–H groups in total. The van der Waals surface area contributed by atoms with Crippen LogP contribution in [-0.2, 0) is 4.79 Å². The van der Waals surface area contributed by atoms with Gasteiger partial charge in [0.1, 0.15) is 6.54 Å². The van der Waals surface area contributed by atoms with E-state index in [1.807, 2.05) is 0 Å². The van der Waals surface area contributed by atoms with E-state index in [0.29, 0.717) is 13.0 Å². The molecular weight excluding hydrogens is 148 g/mol. The Hall–Kier alpha value is -1.26. The first-order valence-electron chi connectivity index (χ1n) is 3.19. The first kappa shape index (κ1) is 9.74. The fourth-order valence-corrected chi connectivity index (χ4v) is 0.459. The number of azide groups is 1. The Morgan fingerprint density at radius 1 is 1.73 bits per heavy atom. The minimum Gasteiger partial charge on any atom is -0.396 e. The van der Waals surface area contributed by atoms with Gasteiger partial charge in [-0.3, -0.25) is 4.79 Å². The summed E-state index contributed by atoms with van der Waals surface area (Å²) in [5, 5.41) is 13.8. The summed E-state index contributed by atoms with van der Waals surface area (Å²) in [4.78, 5) is 13.0. The third kappa shape index (κ3) is 6.63.